The van der Waals surface area contributed by atoms with Crippen LogP contribution in [-0.4, -0.2) is 17.1 Å². The van der Waals surface area contributed by atoms with E-state index in [1.807, 2.05) is 42.5 Å². The smallest absolute Gasteiger partial charge is 0.271 e. The fraction of sp³-hybridized carbons (Fsp3) is 0.0417. The quantitative estimate of drug-likeness (QED) is 0.393. The van der Waals surface area contributed by atoms with Crippen LogP contribution in [0.3, 0.4) is 0 Å². The number of carbonyl (C=O) groups excluding carboxylic acids is 1. The lowest BCUT2D eigenvalue weighted by atomic mass is 10.1. The van der Waals surface area contributed by atoms with E-state index in [1.165, 1.54) is 5.39 Å². The fourth-order valence-electron chi connectivity index (χ4n) is 2.86. The van der Waals surface area contributed by atoms with Gasteiger partial charge >= 0.3 is 0 Å². The lowest BCUT2D eigenvalue weighted by molar-refractivity contribution is 0.0955. The average molecular weight is 381 g/mol. The first-order chi connectivity index (χ1) is 14.3. The van der Waals surface area contributed by atoms with Crippen LogP contribution in [0.4, 0.5) is 0 Å². The number of hydrazone groups is 1. The van der Waals surface area contributed by atoms with Crippen molar-refractivity contribution in [2.75, 3.05) is 0 Å². The lowest BCUT2D eigenvalue weighted by Gasteiger charge is -2.08. The van der Waals surface area contributed by atoms with Crippen LogP contribution >= 0.6 is 0 Å². The van der Waals surface area contributed by atoms with Gasteiger partial charge in [-0.1, -0.05) is 42.5 Å². The topological polar surface area (TPSA) is 63.6 Å². The number of fused-ring (bicyclic) bond motifs is 1. The van der Waals surface area contributed by atoms with Gasteiger partial charge in [0, 0.05) is 18.0 Å². The van der Waals surface area contributed by atoms with E-state index in [9.17, 15) is 4.79 Å². The Balaban J connectivity index is 1.33. The third-order valence-corrected chi connectivity index (χ3v) is 4.43. The minimum atomic E-state index is -0.266. The Kier molecular flexibility index (Phi) is 5.58. The second-order valence-electron chi connectivity index (χ2n) is 6.47. The van der Waals surface area contributed by atoms with Crippen molar-refractivity contribution in [3.8, 4) is 5.75 Å². The SMILES string of the molecule is O=C(NN=Cc1ccncc1)c1ccc(COc2ccc3ccccc3c2)cc1. The van der Waals surface area contributed by atoms with Crippen molar-refractivity contribution in [1.82, 2.24) is 10.4 Å². The molecule has 1 aromatic heterocycles. The van der Waals surface area contributed by atoms with Gasteiger partial charge < -0.3 is 4.74 Å². The van der Waals surface area contributed by atoms with Crippen molar-refractivity contribution in [1.29, 1.82) is 0 Å². The summed E-state index contributed by atoms with van der Waals surface area (Å²) in [6.07, 6.45) is 4.91. The minimum Gasteiger partial charge on any atom is -0.489 e. The van der Waals surface area contributed by atoms with Gasteiger partial charge in [-0.15, -0.1) is 0 Å². The molecule has 0 saturated carbocycles. The van der Waals surface area contributed by atoms with E-state index in [0.717, 1.165) is 22.3 Å². The molecule has 0 bridgehead atoms. The van der Waals surface area contributed by atoms with E-state index in [2.05, 4.69) is 27.6 Å². The van der Waals surface area contributed by atoms with Crippen LogP contribution < -0.4 is 10.2 Å². The first-order valence-electron chi connectivity index (χ1n) is 9.22. The van der Waals surface area contributed by atoms with Crippen LogP contribution in [0.25, 0.3) is 10.8 Å². The van der Waals surface area contributed by atoms with Crippen molar-refractivity contribution >= 4 is 22.9 Å². The van der Waals surface area contributed by atoms with E-state index < -0.39 is 0 Å². The molecule has 4 rings (SSSR count). The maximum atomic E-state index is 12.2. The molecule has 0 atom stereocenters. The molecule has 0 aliphatic heterocycles. The van der Waals surface area contributed by atoms with Gasteiger partial charge in [0.15, 0.2) is 0 Å². The second kappa shape index (κ2) is 8.80. The molecular weight excluding hydrogens is 362 g/mol. The molecule has 1 N–H and O–H groups in total. The average Bonchev–Trinajstić information content (AvgIpc) is 2.78. The minimum absolute atomic E-state index is 0.266. The third-order valence-electron chi connectivity index (χ3n) is 4.43. The number of nitrogens with zero attached hydrogens (tertiary/aromatic N) is 2. The lowest BCUT2D eigenvalue weighted by Crippen LogP contribution is -2.17. The second-order valence-corrected chi connectivity index (χ2v) is 6.47. The number of aromatic nitrogens is 1. The number of rotatable bonds is 6. The Hall–Kier alpha value is -3.99. The zero-order valence-corrected chi connectivity index (χ0v) is 15.7. The number of hydrogen-bond donors (Lipinski definition) is 1. The predicted octanol–water partition coefficient (Wildman–Crippen LogP) is 4.58. The monoisotopic (exact) mass is 381 g/mol. The zero-order valence-electron chi connectivity index (χ0n) is 15.7. The number of nitrogens with one attached hydrogen (secondary N) is 1. The number of benzene rings is 3. The predicted molar refractivity (Wildman–Crippen MR) is 114 cm³/mol. The van der Waals surface area contributed by atoms with Gasteiger partial charge in [0.05, 0.1) is 6.21 Å². The normalized spacial score (nSPS) is 10.9. The highest BCUT2D eigenvalue weighted by Gasteiger charge is 2.05. The molecule has 0 unspecified atom stereocenters. The number of amides is 1. The van der Waals surface area contributed by atoms with Crippen LogP contribution in [0.2, 0.25) is 0 Å². The van der Waals surface area contributed by atoms with Gasteiger partial charge in [0.1, 0.15) is 12.4 Å². The Bertz CT molecular complexity index is 1140. The number of carbonyl (C=O) groups is 1. The first kappa shape index (κ1) is 18.4. The Morgan fingerprint density at radius 3 is 2.48 bits per heavy atom. The van der Waals surface area contributed by atoms with E-state index in [4.69, 9.17) is 4.74 Å². The summed E-state index contributed by atoms with van der Waals surface area (Å²) in [7, 11) is 0. The highest BCUT2D eigenvalue weighted by Crippen LogP contribution is 2.21. The summed E-state index contributed by atoms with van der Waals surface area (Å²) >= 11 is 0. The molecule has 3 aromatic carbocycles. The first-order valence-corrected chi connectivity index (χ1v) is 9.22. The standard InChI is InChI=1S/C24H19N3O2/c28-24(27-26-16-18-11-13-25-14-12-18)21-7-5-19(6-8-21)17-29-23-10-9-20-3-1-2-4-22(20)15-23/h1-16H,17H2,(H,27,28). The van der Waals surface area contributed by atoms with Crippen LogP contribution in [0.1, 0.15) is 21.5 Å². The number of hydrogen-bond acceptors (Lipinski definition) is 4. The zero-order chi connectivity index (χ0) is 19.9. The molecule has 5 nitrogen and oxygen atoms in total. The molecule has 0 aliphatic carbocycles. The molecule has 0 fully saturated rings. The van der Waals surface area contributed by atoms with Crippen LogP contribution in [-0.2, 0) is 6.61 Å². The number of pyridine rings is 1. The van der Waals surface area contributed by atoms with Crippen molar-refractivity contribution in [3.05, 3.63) is 108 Å². The summed E-state index contributed by atoms with van der Waals surface area (Å²) in [5.74, 6) is 0.549. The summed E-state index contributed by atoms with van der Waals surface area (Å²) < 4.78 is 5.89. The molecule has 0 aliphatic rings. The fourth-order valence-corrected chi connectivity index (χ4v) is 2.86. The molecule has 1 heterocycles. The van der Waals surface area contributed by atoms with Crippen LogP contribution in [0.5, 0.6) is 5.75 Å². The molecule has 0 radical (unpaired) electrons. The van der Waals surface area contributed by atoms with Gasteiger partial charge in [-0.3, -0.25) is 9.78 Å². The van der Waals surface area contributed by atoms with Crippen molar-refractivity contribution < 1.29 is 9.53 Å². The van der Waals surface area contributed by atoms with Crippen molar-refractivity contribution in [2.45, 2.75) is 6.61 Å². The van der Waals surface area contributed by atoms with E-state index in [1.54, 1.807) is 42.9 Å². The summed E-state index contributed by atoms with van der Waals surface area (Å²) in [6, 6.07) is 25.1. The Morgan fingerprint density at radius 1 is 0.931 bits per heavy atom. The summed E-state index contributed by atoms with van der Waals surface area (Å²) in [4.78, 5) is 16.1. The molecular formula is C24H19N3O2. The van der Waals surface area contributed by atoms with E-state index in [0.29, 0.717) is 12.2 Å². The van der Waals surface area contributed by atoms with Gasteiger partial charge in [-0.2, -0.15) is 5.10 Å². The van der Waals surface area contributed by atoms with Crippen LogP contribution in [0.15, 0.2) is 96.4 Å². The summed E-state index contributed by atoms with van der Waals surface area (Å²) in [5, 5.41) is 6.29. The maximum absolute atomic E-state index is 12.2. The highest BCUT2D eigenvalue weighted by molar-refractivity contribution is 5.94. The maximum Gasteiger partial charge on any atom is 0.271 e. The molecule has 0 saturated heterocycles. The molecule has 0 spiro atoms. The molecule has 1 amide bonds. The van der Waals surface area contributed by atoms with Gasteiger partial charge in [-0.05, 0) is 58.3 Å². The molecule has 4 aromatic rings. The largest absolute Gasteiger partial charge is 0.489 e. The van der Waals surface area contributed by atoms with Gasteiger partial charge in [-0.25, -0.2) is 5.43 Å². The molecule has 5 heteroatoms. The molecule has 29 heavy (non-hydrogen) atoms. The van der Waals surface area contributed by atoms with Crippen molar-refractivity contribution in [2.24, 2.45) is 5.10 Å². The number of ether oxygens (including phenoxy) is 1. The Morgan fingerprint density at radius 2 is 1.69 bits per heavy atom. The summed E-state index contributed by atoms with van der Waals surface area (Å²) in [6.45, 7) is 0.431. The highest BCUT2D eigenvalue weighted by atomic mass is 16.5. The van der Waals surface area contributed by atoms with E-state index >= 15 is 0 Å². The van der Waals surface area contributed by atoms with Crippen molar-refractivity contribution in [3.63, 3.8) is 0 Å². The third kappa shape index (κ3) is 4.84. The summed E-state index contributed by atoms with van der Waals surface area (Å²) in [5.41, 5.74) is 4.90. The molecule has 142 valence electrons. The van der Waals surface area contributed by atoms with Gasteiger partial charge in [0.2, 0.25) is 0 Å². The van der Waals surface area contributed by atoms with Gasteiger partial charge in [0.25, 0.3) is 5.91 Å². The van der Waals surface area contributed by atoms with Crippen LogP contribution in [0, 0.1) is 0 Å². The Labute approximate surface area is 168 Å². The van der Waals surface area contributed by atoms with E-state index in [-0.39, 0.29) is 5.91 Å².